The highest BCUT2D eigenvalue weighted by Crippen LogP contribution is 1.91. The number of nitrogens with zero attached hydrogens (tertiary/aromatic N) is 1. The molecule has 0 spiro atoms. The Morgan fingerprint density at radius 1 is 1.33 bits per heavy atom. The number of nitrogens with one attached hydrogen (secondary N) is 1. The molecule has 0 radical (unpaired) electrons. The average molecular weight is 134 g/mol. The molecule has 0 aromatic rings. The predicted octanol–water partition coefficient (Wildman–Crippen LogP) is -0.772. The molecule has 1 heterocycles. The normalized spacial score (nSPS) is 22.3. The maximum atomic E-state index is 7.83. The minimum absolute atomic E-state index is 0.737. The first kappa shape index (κ1) is 6.91. The van der Waals surface area contributed by atoms with Crippen LogP contribution in [0.1, 0.15) is 0 Å². The monoisotopic (exact) mass is 134 g/mol. The molecular formula is C4H10N2O3. The van der Waals surface area contributed by atoms with Gasteiger partial charge in [0.25, 0.3) is 0 Å². The Bertz CT molecular complexity index is 71.5. The van der Waals surface area contributed by atoms with Gasteiger partial charge >= 0.3 is 0 Å². The van der Waals surface area contributed by atoms with Gasteiger partial charge in [-0.15, -0.1) is 4.99 Å². The van der Waals surface area contributed by atoms with Crippen molar-refractivity contribution < 1.29 is 15.3 Å². The van der Waals surface area contributed by atoms with E-state index < -0.39 is 0 Å². The van der Waals surface area contributed by atoms with Crippen molar-refractivity contribution in [3.05, 3.63) is 0 Å². The smallest absolute Gasteiger partial charge is 0.0397 e. The molecule has 0 aromatic carbocycles. The van der Waals surface area contributed by atoms with E-state index in [2.05, 4.69) is 15.3 Å². The molecule has 1 aliphatic rings. The van der Waals surface area contributed by atoms with Gasteiger partial charge in [-0.25, -0.2) is 5.26 Å². The van der Waals surface area contributed by atoms with Crippen LogP contribution < -0.4 is 5.32 Å². The first-order chi connectivity index (χ1) is 4.43. The van der Waals surface area contributed by atoms with E-state index in [0.717, 1.165) is 26.2 Å². The Labute approximate surface area is 53.0 Å². The summed E-state index contributed by atoms with van der Waals surface area (Å²) in [5.41, 5.74) is 0. The lowest BCUT2D eigenvalue weighted by molar-refractivity contribution is -0.566. The SMILES string of the molecule is OOON1CCNCC1. The fraction of sp³-hybridized carbons (Fsp3) is 1.00. The maximum Gasteiger partial charge on any atom is 0.0397 e. The van der Waals surface area contributed by atoms with E-state index in [0.29, 0.717) is 0 Å². The van der Waals surface area contributed by atoms with Crippen molar-refractivity contribution >= 4 is 0 Å². The molecule has 5 nitrogen and oxygen atoms in total. The molecule has 2 N–H and O–H groups in total. The van der Waals surface area contributed by atoms with E-state index in [-0.39, 0.29) is 0 Å². The second-order valence-electron chi connectivity index (χ2n) is 1.83. The van der Waals surface area contributed by atoms with E-state index >= 15 is 0 Å². The zero-order valence-corrected chi connectivity index (χ0v) is 5.04. The summed E-state index contributed by atoms with van der Waals surface area (Å²) in [6.45, 7) is 3.20. The van der Waals surface area contributed by atoms with Crippen LogP contribution in [0.3, 0.4) is 0 Å². The van der Waals surface area contributed by atoms with Crippen molar-refractivity contribution in [2.75, 3.05) is 26.2 Å². The van der Waals surface area contributed by atoms with Crippen LogP contribution in [0.25, 0.3) is 0 Å². The molecule has 0 atom stereocenters. The molecule has 1 aliphatic heterocycles. The van der Waals surface area contributed by atoms with E-state index in [4.69, 9.17) is 5.26 Å². The molecule has 0 bridgehead atoms. The fourth-order valence-corrected chi connectivity index (χ4v) is 0.766. The summed E-state index contributed by atoms with van der Waals surface area (Å²) in [4.78, 5) is 4.33. The number of hydrogen-bond acceptors (Lipinski definition) is 5. The fourth-order valence-electron chi connectivity index (χ4n) is 0.766. The molecule has 1 saturated heterocycles. The van der Waals surface area contributed by atoms with Gasteiger partial charge in [-0.2, -0.15) is 5.06 Å². The molecule has 0 aliphatic carbocycles. The molecule has 1 rings (SSSR count). The summed E-state index contributed by atoms with van der Waals surface area (Å²) in [5, 5.41) is 16.0. The van der Waals surface area contributed by atoms with Crippen LogP contribution in [0.15, 0.2) is 0 Å². The first-order valence-electron chi connectivity index (χ1n) is 2.87. The Hall–Kier alpha value is -0.200. The van der Waals surface area contributed by atoms with Crippen molar-refractivity contribution in [3.63, 3.8) is 0 Å². The van der Waals surface area contributed by atoms with Crippen molar-refractivity contribution in [2.24, 2.45) is 0 Å². The van der Waals surface area contributed by atoms with E-state index in [1.165, 1.54) is 5.06 Å². The predicted molar refractivity (Wildman–Crippen MR) is 29.2 cm³/mol. The molecule has 0 aromatic heterocycles. The summed E-state index contributed by atoms with van der Waals surface area (Å²) in [5.74, 6) is 0. The van der Waals surface area contributed by atoms with Crippen LogP contribution in [0.4, 0.5) is 0 Å². The Kier molecular flexibility index (Phi) is 2.88. The molecule has 1 fully saturated rings. The lowest BCUT2D eigenvalue weighted by atomic mass is 10.4. The quantitative estimate of drug-likeness (QED) is 0.383. The summed E-state index contributed by atoms with van der Waals surface area (Å²) in [6, 6.07) is 0. The highest BCUT2D eigenvalue weighted by Gasteiger charge is 2.09. The number of rotatable bonds is 2. The molecule has 0 amide bonds. The molecule has 0 saturated carbocycles. The third kappa shape index (κ3) is 2.25. The molecule has 54 valence electrons. The highest BCUT2D eigenvalue weighted by molar-refractivity contribution is 4.58. The van der Waals surface area contributed by atoms with E-state index in [1.54, 1.807) is 0 Å². The largest absolute Gasteiger partial charge is 0.314 e. The van der Waals surface area contributed by atoms with Crippen LogP contribution in [-0.4, -0.2) is 36.5 Å². The van der Waals surface area contributed by atoms with Crippen LogP contribution in [0, 0.1) is 0 Å². The zero-order chi connectivity index (χ0) is 6.53. The summed E-state index contributed by atoms with van der Waals surface area (Å²) in [6.07, 6.45) is 0. The van der Waals surface area contributed by atoms with Crippen LogP contribution in [0.5, 0.6) is 0 Å². The van der Waals surface area contributed by atoms with Crippen molar-refractivity contribution in [1.29, 1.82) is 0 Å². The third-order valence-electron chi connectivity index (χ3n) is 1.21. The maximum absolute atomic E-state index is 7.83. The van der Waals surface area contributed by atoms with Gasteiger partial charge in [0.2, 0.25) is 0 Å². The third-order valence-corrected chi connectivity index (χ3v) is 1.21. The summed E-state index contributed by atoms with van der Waals surface area (Å²) < 4.78 is 0. The zero-order valence-electron chi connectivity index (χ0n) is 5.04. The Morgan fingerprint density at radius 2 is 2.00 bits per heavy atom. The van der Waals surface area contributed by atoms with Gasteiger partial charge in [0.15, 0.2) is 0 Å². The summed E-state index contributed by atoms with van der Waals surface area (Å²) in [7, 11) is 0. The van der Waals surface area contributed by atoms with Gasteiger partial charge < -0.3 is 5.32 Å². The van der Waals surface area contributed by atoms with Gasteiger partial charge in [0.1, 0.15) is 0 Å². The first-order valence-corrected chi connectivity index (χ1v) is 2.87. The molecule has 9 heavy (non-hydrogen) atoms. The number of hydrogen-bond donors (Lipinski definition) is 2. The van der Waals surface area contributed by atoms with Gasteiger partial charge in [-0.1, -0.05) is 5.04 Å². The topological polar surface area (TPSA) is 54.0 Å². The standard InChI is InChI=1S/C4H10N2O3/c7-9-8-6-3-1-5-2-4-6/h5,7H,1-4H2. The number of piperazine rings is 1. The van der Waals surface area contributed by atoms with Crippen LogP contribution >= 0.6 is 0 Å². The van der Waals surface area contributed by atoms with Crippen LogP contribution in [-0.2, 0) is 10.0 Å². The van der Waals surface area contributed by atoms with Crippen LogP contribution in [0.2, 0.25) is 0 Å². The number of hydroxylamine groups is 2. The molecular weight excluding hydrogens is 124 g/mol. The van der Waals surface area contributed by atoms with Gasteiger partial charge in [0.05, 0.1) is 0 Å². The summed E-state index contributed by atoms with van der Waals surface area (Å²) >= 11 is 0. The Balaban J connectivity index is 2.08. The molecule has 0 unspecified atom stereocenters. The lowest BCUT2D eigenvalue weighted by Crippen LogP contribution is -2.43. The van der Waals surface area contributed by atoms with Gasteiger partial charge in [0, 0.05) is 26.2 Å². The second kappa shape index (κ2) is 3.76. The van der Waals surface area contributed by atoms with E-state index in [1.807, 2.05) is 0 Å². The minimum Gasteiger partial charge on any atom is -0.314 e. The minimum atomic E-state index is 0.737. The van der Waals surface area contributed by atoms with Crippen molar-refractivity contribution in [2.45, 2.75) is 0 Å². The van der Waals surface area contributed by atoms with E-state index in [9.17, 15) is 0 Å². The average Bonchev–Trinajstić information content (AvgIpc) is 1.91. The molecule has 5 heteroatoms. The lowest BCUT2D eigenvalue weighted by Gasteiger charge is -2.22. The second-order valence-corrected chi connectivity index (χ2v) is 1.83. The van der Waals surface area contributed by atoms with Gasteiger partial charge in [-0.3, -0.25) is 0 Å². The highest BCUT2D eigenvalue weighted by atomic mass is 17.5. The van der Waals surface area contributed by atoms with Crippen molar-refractivity contribution in [1.82, 2.24) is 10.4 Å². The van der Waals surface area contributed by atoms with Gasteiger partial charge in [-0.05, 0) is 0 Å². The van der Waals surface area contributed by atoms with Crippen molar-refractivity contribution in [3.8, 4) is 0 Å². The Morgan fingerprint density at radius 3 is 2.56 bits per heavy atom.